The second-order valence-corrected chi connectivity index (χ2v) is 5.34. The molecular formula is C10H14N2O4S. The lowest BCUT2D eigenvalue weighted by molar-refractivity contribution is 0.0733. The number of nitrogens with zero attached hydrogens (tertiary/aromatic N) is 1. The molecule has 1 aromatic carbocycles. The average molecular weight is 258 g/mol. The number of aromatic hydroxyl groups is 1. The summed E-state index contributed by atoms with van der Waals surface area (Å²) in [5, 5.41) is 9.25. The maximum Gasteiger partial charge on any atom is 0.301 e. The molecule has 0 radical (unpaired) electrons. The van der Waals surface area contributed by atoms with Crippen molar-refractivity contribution < 1.29 is 18.3 Å². The zero-order valence-electron chi connectivity index (χ0n) is 9.17. The van der Waals surface area contributed by atoms with Crippen molar-refractivity contribution in [2.24, 2.45) is 0 Å². The van der Waals surface area contributed by atoms with Crippen LogP contribution in [-0.4, -0.2) is 44.1 Å². The molecule has 2 N–H and O–H groups in total. The zero-order chi connectivity index (χ0) is 12.3. The van der Waals surface area contributed by atoms with Gasteiger partial charge in [0.05, 0.1) is 18.9 Å². The topological polar surface area (TPSA) is 78.9 Å². The first-order chi connectivity index (χ1) is 8.08. The van der Waals surface area contributed by atoms with Crippen molar-refractivity contribution in [3.05, 3.63) is 24.3 Å². The molecule has 1 heterocycles. The van der Waals surface area contributed by atoms with Crippen molar-refractivity contribution in [2.75, 3.05) is 31.0 Å². The number of hydrogen-bond donors (Lipinski definition) is 2. The molecule has 2 rings (SSSR count). The summed E-state index contributed by atoms with van der Waals surface area (Å²) in [5.41, 5.74) is 0.344. The fourth-order valence-electron chi connectivity index (χ4n) is 1.57. The summed E-state index contributed by atoms with van der Waals surface area (Å²) in [6.45, 7) is 1.49. The van der Waals surface area contributed by atoms with E-state index in [0.29, 0.717) is 32.0 Å². The van der Waals surface area contributed by atoms with Crippen LogP contribution in [-0.2, 0) is 14.9 Å². The summed E-state index contributed by atoms with van der Waals surface area (Å²) in [7, 11) is -3.56. The Bertz CT molecular complexity index is 483. The van der Waals surface area contributed by atoms with Gasteiger partial charge < -0.3 is 9.84 Å². The molecule has 1 saturated heterocycles. The molecule has 94 valence electrons. The van der Waals surface area contributed by atoms with Crippen molar-refractivity contribution in [1.82, 2.24) is 4.31 Å². The minimum absolute atomic E-state index is 0.0205. The highest BCUT2D eigenvalue weighted by Crippen LogP contribution is 2.18. The number of morpholine rings is 1. The monoisotopic (exact) mass is 258 g/mol. The number of benzene rings is 1. The summed E-state index contributed by atoms with van der Waals surface area (Å²) in [6.07, 6.45) is 0. The molecule has 0 aliphatic carbocycles. The molecular weight excluding hydrogens is 244 g/mol. The van der Waals surface area contributed by atoms with E-state index >= 15 is 0 Å². The molecule has 7 heteroatoms. The Morgan fingerprint density at radius 3 is 2.65 bits per heavy atom. The lowest BCUT2D eigenvalue weighted by Crippen LogP contribution is -2.43. The molecule has 1 aliphatic heterocycles. The van der Waals surface area contributed by atoms with Gasteiger partial charge in [-0.15, -0.1) is 0 Å². The summed E-state index contributed by atoms with van der Waals surface area (Å²) < 4.78 is 32.7. The van der Waals surface area contributed by atoms with Gasteiger partial charge in [0.1, 0.15) is 5.75 Å². The van der Waals surface area contributed by atoms with Gasteiger partial charge in [-0.25, -0.2) is 0 Å². The first kappa shape index (κ1) is 12.2. The van der Waals surface area contributed by atoms with E-state index in [9.17, 15) is 13.5 Å². The molecule has 0 amide bonds. The van der Waals surface area contributed by atoms with Crippen molar-refractivity contribution in [2.45, 2.75) is 0 Å². The molecule has 0 unspecified atom stereocenters. The predicted octanol–water partition coefficient (Wildman–Crippen LogP) is 0.381. The van der Waals surface area contributed by atoms with Gasteiger partial charge in [-0.1, -0.05) is 6.07 Å². The summed E-state index contributed by atoms with van der Waals surface area (Å²) >= 11 is 0. The van der Waals surface area contributed by atoms with Crippen LogP contribution in [0.15, 0.2) is 24.3 Å². The third kappa shape index (κ3) is 3.09. The lowest BCUT2D eigenvalue weighted by Gasteiger charge is -2.26. The molecule has 6 nitrogen and oxygen atoms in total. The van der Waals surface area contributed by atoms with E-state index in [2.05, 4.69) is 4.72 Å². The number of phenols is 1. The van der Waals surface area contributed by atoms with Crippen molar-refractivity contribution >= 4 is 15.9 Å². The molecule has 1 aromatic rings. The molecule has 0 saturated carbocycles. The second-order valence-electron chi connectivity index (χ2n) is 3.67. The lowest BCUT2D eigenvalue weighted by atomic mass is 10.3. The fraction of sp³-hybridized carbons (Fsp3) is 0.400. The maximum atomic E-state index is 11.9. The Kier molecular flexibility index (Phi) is 3.51. The van der Waals surface area contributed by atoms with Gasteiger partial charge in [-0.05, 0) is 12.1 Å². The van der Waals surface area contributed by atoms with Gasteiger partial charge >= 0.3 is 10.2 Å². The minimum atomic E-state index is -3.56. The molecule has 0 atom stereocenters. The Labute approximate surface area is 100.0 Å². The normalized spacial score (nSPS) is 17.9. The number of rotatable bonds is 3. The number of nitrogens with one attached hydrogen (secondary N) is 1. The van der Waals surface area contributed by atoms with Crippen LogP contribution in [0.3, 0.4) is 0 Å². The number of ether oxygens (including phenoxy) is 1. The third-order valence-electron chi connectivity index (χ3n) is 2.40. The van der Waals surface area contributed by atoms with Crippen LogP contribution >= 0.6 is 0 Å². The standard InChI is InChI=1S/C10H14N2O4S/c13-10-3-1-2-9(8-10)11-17(14,15)12-4-6-16-7-5-12/h1-3,8,11,13H,4-7H2. The highest BCUT2D eigenvalue weighted by molar-refractivity contribution is 7.90. The van der Waals surface area contributed by atoms with Gasteiger partial charge in [0.15, 0.2) is 0 Å². The van der Waals surface area contributed by atoms with Gasteiger partial charge in [0.2, 0.25) is 0 Å². The van der Waals surface area contributed by atoms with Gasteiger partial charge in [-0.3, -0.25) is 4.72 Å². The van der Waals surface area contributed by atoms with Crippen molar-refractivity contribution in [3.63, 3.8) is 0 Å². The van der Waals surface area contributed by atoms with Gasteiger partial charge in [-0.2, -0.15) is 12.7 Å². The Hall–Kier alpha value is -1.31. The number of anilines is 1. The van der Waals surface area contributed by atoms with Crippen LogP contribution in [0.25, 0.3) is 0 Å². The summed E-state index contributed by atoms with van der Waals surface area (Å²) in [5.74, 6) is 0.0205. The molecule has 0 aromatic heterocycles. The van der Waals surface area contributed by atoms with E-state index in [1.165, 1.54) is 16.4 Å². The zero-order valence-corrected chi connectivity index (χ0v) is 9.98. The van der Waals surface area contributed by atoms with Crippen molar-refractivity contribution in [1.29, 1.82) is 0 Å². The van der Waals surface area contributed by atoms with E-state index in [4.69, 9.17) is 4.74 Å². The average Bonchev–Trinajstić information content (AvgIpc) is 2.29. The highest BCUT2D eigenvalue weighted by Gasteiger charge is 2.23. The molecule has 0 bridgehead atoms. The molecule has 1 fully saturated rings. The first-order valence-electron chi connectivity index (χ1n) is 5.22. The number of hydrogen-bond acceptors (Lipinski definition) is 4. The Morgan fingerprint density at radius 2 is 2.00 bits per heavy atom. The van der Waals surface area contributed by atoms with E-state index in [0.717, 1.165) is 0 Å². The first-order valence-corrected chi connectivity index (χ1v) is 6.66. The van der Waals surface area contributed by atoms with Crippen LogP contribution in [0.5, 0.6) is 5.75 Å². The Balaban J connectivity index is 2.11. The van der Waals surface area contributed by atoms with Gasteiger partial charge in [0.25, 0.3) is 0 Å². The third-order valence-corrected chi connectivity index (χ3v) is 3.94. The van der Waals surface area contributed by atoms with Gasteiger partial charge in [0, 0.05) is 19.2 Å². The Morgan fingerprint density at radius 1 is 1.29 bits per heavy atom. The van der Waals surface area contributed by atoms with E-state index in [1.807, 2.05) is 0 Å². The largest absolute Gasteiger partial charge is 0.508 e. The summed E-state index contributed by atoms with van der Waals surface area (Å²) in [4.78, 5) is 0. The van der Waals surface area contributed by atoms with Crippen LogP contribution < -0.4 is 4.72 Å². The summed E-state index contributed by atoms with van der Waals surface area (Å²) in [6, 6.07) is 5.99. The quantitative estimate of drug-likeness (QED) is 0.821. The van der Waals surface area contributed by atoms with Crippen LogP contribution in [0.2, 0.25) is 0 Å². The van der Waals surface area contributed by atoms with Crippen LogP contribution in [0.4, 0.5) is 5.69 Å². The van der Waals surface area contributed by atoms with E-state index in [-0.39, 0.29) is 5.75 Å². The van der Waals surface area contributed by atoms with Crippen LogP contribution in [0.1, 0.15) is 0 Å². The van der Waals surface area contributed by atoms with Crippen LogP contribution in [0, 0.1) is 0 Å². The number of phenolic OH excluding ortho intramolecular Hbond substituents is 1. The fourth-order valence-corrected chi connectivity index (χ4v) is 2.75. The SMILES string of the molecule is O=S(=O)(Nc1cccc(O)c1)N1CCOCC1. The smallest absolute Gasteiger partial charge is 0.301 e. The maximum absolute atomic E-state index is 11.9. The van der Waals surface area contributed by atoms with E-state index in [1.54, 1.807) is 12.1 Å². The predicted molar refractivity (Wildman–Crippen MR) is 63.0 cm³/mol. The van der Waals surface area contributed by atoms with E-state index < -0.39 is 10.2 Å². The second kappa shape index (κ2) is 4.91. The minimum Gasteiger partial charge on any atom is -0.508 e. The molecule has 1 aliphatic rings. The molecule has 0 spiro atoms. The highest BCUT2D eigenvalue weighted by atomic mass is 32.2. The molecule has 17 heavy (non-hydrogen) atoms. The van der Waals surface area contributed by atoms with Crippen molar-refractivity contribution in [3.8, 4) is 5.75 Å².